The predicted molar refractivity (Wildman–Crippen MR) is 63.8 cm³/mol. The first kappa shape index (κ1) is 12.3. The van der Waals surface area contributed by atoms with Crippen molar-refractivity contribution in [2.24, 2.45) is 5.73 Å². The molecule has 17 heavy (non-hydrogen) atoms. The number of nitrogens with zero attached hydrogens (tertiary/aromatic N) is 2. The number of hydrogen-bond donors (Lipinski definition) is 2. The molecule has 7 heteroatoms. The quantitative estimate of drug-likeness (QED) is 0.894. The van der Waals surface area contributed by atoms with Crippen molar-refractivity contribution >= 4 is 23.2 Å². The van der Waals surface area contributed by atoms with Crippen LogP contribution in [0.5, 0.6) is 0 Å². The van der Waals surface area contributed by atoms with E-state index >= 15 is 0 Å². The molecule has 0 saturated heterocycles. The van der Waals surface area contributed by atoms with Crippen molar-refractivity contribution in [2.45, 2.75) is 6.10 Å². The summed E-state index contributed by atoms with van der Waals surface area (Å²) in [5, 5.41) is 14.0. The topological polar surface area (TPSA) is 85.2 Å². The SMILES string of the molecule is NCC(O)c1nc(-c2ccc(Cl)c(Cl)c2)no1. The summed E-state index contributed by atoms with van der Waals surface area (Å²) in [6.45, 7) is 0.0169. The fourth-order valence-electron chi connectivity index (χ4n) is 1.22. The molecule has 1 aromatic heterocycles. The van der Waals surface area contributed by atoms with E-state index in [9.17, 15) is 5.11 Å². The Morgan fingerprint density at radius 1 is 1.35 bits per heavy atom. The Bertz CT molecular complexity index is 530. The summed E-state index contributed by atoms with van der Waals surface area (Å²) in [6, 6.07) is 4.96. The lowest BCUT2D eigenvalue weighted by Gasteiger charge is -1.99. The standard InChI is InChI=1S/C10H9Cl2N3O2/c11-6-2-1-5(3-7(6)12)9-14-10(17-15-9)8(16)4-13/h1-3,8,16H,4,13H2. The molecular weight excluding hydrogens is 265 g/mol. The lowest BCUT2D eigenvalue weighted by atomic mass is 10.2. The van der Waals surface area contributed by atoms with Gasteiger partial charge in [0, 0.05) is 12.1 Å². The van der Waals surface area contributed by atoms with E-state index in [1.165, 1.54) is 0 Å². The van der Waals surface area contributed by atoms with Gasteiger partial charge in [0.15, 0.2) is 0 Å². The predicted octanol–water partition coefficient (Wildman–Crippen LogP) is 2.04. The van der Waals surface area contributed by atoms with E-state index in [0.717, 1.165) is 0 Å². The number of rotatable bonds is 3. The first-order valence-electron chi connectivity index (χ1n) is 4.79. The smallest absolute Gasteiger partial charge is 0.257 e. The maximum absolute atomic E-state index is 9.42. The van der Waals surface area contributed by atoms with Crippen LogP contribution in [-0.4, -0.2) is 21.8 Å². The molecule has 5 nitrogen and oxygen atoms in total. The Kier molecular flexibility index (Phi) is 3.63. The van der Waals surface area contributed by atoms with Gasteiger partial charge < -0.3 is 15.4 Å². The van der Waals surface area contributed by atoms with Gasteiger partial charge in [0.05, 0.1) is 10.0 Å². The Hall–Kier alpha value is -1.14. The van der Waals surface area contributed by atoms with Gasteiger partial charge in [-0.1, -0.05) is 28.4 Å². The van der Waals surface area contributed by atoms with E-state index in [2.05, 4.69) is 10.1 Å². The molecule has 0 spiro atoms. The number of benzene rings is 1. The third kappa shape index (κ3) is 2.58. The highest BCUT2D eigenvalue weighted by Gasteiger charge is 2.15. The maximum Gasteiger partial charge on any atom is 0.257 e. The Morgan fingerprint density at radius 2 is 2.12 bits per heavy atom. The number of aliphatic hydroxyl groups is 1. The molecule has 90 valence electrons. The van der Waals surface area contributed by atoms with Crippen LogP contribution in [0.25, 0.3) is 11.4 Å². The van der Waals surface area contributed by atoms with Crippen LogP contribution in [0.2, 0.25) is 10.0 Å². The van der Waals surface area contributed by atoms with Gasteiger partial charge in [0.25, 0.3) is 5.89 Å². The number of hydrogen-bond acceptors (Lipinski definition) is 5. The Morgan fingerprint density at radius 3 is 2.76 bits per heavy atom. The lowest BCUT2D eigenvalue weighted by Crippen LogP contribution is -2.11. The van der Waals surface area contributed by atoms with E-state index in [1.54, 1.807) is 18.2 Å². The molecule has 0 aliphatic carbocycles. The Balaban J connectivity index is 2.33. The molecule has 0 bridgehead atoms. The van der Waals surface area contributed by atoms with E-state index in [1.807, 2.05) is 0 Å². The van der Waals surface area contributed by atoms with Crippen molar-refractivity contribution in [3.05, 3.63) is 34.1 Å². The molecule has 0 radical (unpaired) electrons. The van der Waals surface area contributed by atoms with Crippen molar-refractivity contribution in [2.75, 3.05) is 6.54 Å². The molecule has 1 heterocycles. The van der Waals surface area contributed by atoms with Gasteiger partial charge in [-0.15, -0.1) is 0 Å². The fraction of sp³-hybridized carbons (Fsp3) is 0.200. The largest absolute Gasteiger partial charge is 0.382 e. The number of nitrogens with two attached hydrogens (primary N) is 1. The van der Waals surface area contributed by atoms with Gasteiger partial charge in [-0.25, -0.2) is 0 Å². The maximum atomic E-state index is 9.42. The highest BCUT2D eigenvalue weighted by molar-refractivity contribution is 6.42. The van der Waals surface area contributed by atoms with E-state index in [0.29, 0.717) is 21.4 Å². The molecule has 0 amide bonds. The third-order valence-electron chi connectivity index (χ3n) is 2.13. The fourth-order valence-corrected chi connectivity index (χ4v) is 1.52. The van der Waals surface area contributed by atoms with Gasteiger partial charge in [0.1, 0.15) is 6.10 Å². The monoisotopic (exact) mass is 273 g/mol. The first-order valence-corrected chi connectivity index (χ1v) is 5.54. The van der Waals surface area contributed by atoms with Crippen molar-refractivity contribution in [3.63, 3.8) is 0 Å². The van der Waals surface area contributed by atoms with Crippen molar-refractivity contribution in [1.29, 1.82) is 0 Å². The number of aromatic nitrogens is 2. The molecule has 0 aliphatic heterocycles. The molecule has 1 unspecified atom stereocenters. The highest BCUT2D eigenvalue weighted by atomic mass is 35.5. The summed E-state index contributed by atoms with van der Waals surface area (Å²) in [5.74, 6) is 0.402. The third-order valence-corrected chi connectivity index (χ3v) is 2.87. The molecule has 0 fully saturated rings. The van der Waals surface area contributed by atoms with Crippen molar-refractivity contribution in [1.82, 2.24) is 10.1 Å². The van der Waals surface area contributed by atoms with Crippen LogP contribution < -0.4 is 5.73 Å². The van der Waals surface area contributed by atoms with Gasteiger partial charge >= 0.3 is 0 Å². The van der Waals surface area contributed by atoms with E-state index in [-0.39, 0.29) is 12.4 Å². The number of aliphatic hydroxyl groups excluding tert-OH is 1. The second kappa shape index (κ2) is 5.01. The summed E-state index contributed by atoms with van der Waals surface area (Å²) in [6.07, 6.45) is -0.959. The molecule has 1 aromatic carbocycles. The highest BCUT2D eigenvalue weighted by Crippen LogP contribution is 2.27. The van der Waals surface area contributed by atoms with E-state index < -0.39 is 6.10 Å². The molecule has 0 saturated carbocycles. The van der Waals surface area contributed by atoms with Crippen LogP contribution >= 0.6 is 23.2 Å². The summed E-state index contributed by atoms with van der Waals surface area (Å²) in [7, 11) is 0. The summed E-state index contributed by atoms with van der Waals surface area (Å²) in [5.41, 5.74) is 5.93. The van der Waals surface area contributed by atoms with Crippen molar-refractivity contribution in [3.8, 4) is 11.4 Å². The molecule has 2 rings (SSSR count). The zero-order chi connectivity index (χ0) is 12.4. The zero-order valence-electron chi connectivity index (χ0n) is 8.60. The Labute approximate surface area is 107 Å². The second-order valence-electron chi connectivity index (χ2n) is 3.34. The van der Waals surface area contributed by atoms with Crippen molar-refractivity contribution < 1.29 is 9.63 Å². The minimum absolute atomic E-state index is 0.0169. The average molecular weight is 274 g/mol. The van der Waals surface area contributed by atoms with Gasteiger partial charge in [0.2, 0.25) is 5.82 Å². The zero-order valence-corrected chi connectivity index (χ0v) is 10.1. The van der Waals surface area contributed by atoms with Crippen LogP contribution in [0, 0.1) is 0 Å². The molecule has 1 atom stereocenters. The minimum atomic E-state index is -0.959. The van der Waals surface area contributed by atoms with Crippen LogP contribution in [0.4, 0.5) is 0 Å². The normalized spacial score (nSPS) is 12.7. The minimum Gasteiger partial charge on any atom is -0.382 e. The molecule has 2 aromatic rings. The van der Waals surface area contributed by atoms with Crippen LogP contribution in [0.15, 0.2) is 22.7 Å². The average Bonchev–Trinajstić information content (AvgIpc) is 2.81. The second-order valence-corrected chi connectivity index (χ2v) is 4.15. The first-order chi connectivity index (χ1) is 8.11. The van der Waals surface area contributed by atoms with Gasteiger partial charge in [-0.3, -0.25) is 0 Å². The summed E-state index contributed by atoms with van der Waals surface area (Å²) in [4.78, 5) is 4.01. The van der Waals surface area contributed by atoms with Gasteiger partial charge in [-0.2, -0.15) is 4.98 Å². The van der Waals surface area contributed by atoms with Gasteiger partial charge in [-0.05, 0) is 18.2 Å². The molecule has 3 N–H and O–H groups in total. The van der Waals surface area contributed by atoms with Crippen LogP contribution in [-0.2, 0) is 0 Å². The molecular formula is C10H9Cl2N3O2. The molecule has 0 aliphatic rings. The van der Waals surface area contributed by atoms with Crippen LogP contribution in [0.3, 0.4) is 0 Å². The summed E-state index contributed by atoms with van der Waals surface area (Å²) < 4.78 is 4.87. The summed E-state index contributed by atoms with van der Waals surface area (Å²) >= 11 is 11.7. The lowest BCUT2D eigenvalue weighted by molar-refractivity contribution is 0.141. The van der Waals surface area contributed by atoms with E-state index in [4.69, 9.17) is 33.5 Å². The number of halogens is 2. The van der Waals surface area contributed by atoms with Crippen LogP contribution in [0.1, 0.15) is 12.0 Å².